The highest BCUT2D eigenvalue weighted by molar-refractivity contribution is 6.03. The number of nitrogen functional groups attached to an aromatic ring is 1. The van der Waals surface area contributed by atoms with E-state index < -0.39 is 0 Å². The first-order valence-electron chi connectivity index (χ1n) is 11.2. The van der Waals surface area contributed by atoms with Crippen LogP contribution in [0.5, 0.6) is 0 Å². The van der Waals surface area contributed by atoms with E-state index in [-0.39, 0.29) is 5.91 Å². The molecule has 4 N–H and O–H groups in total. The molecule has 4 fully saturated rings. The lowest BCUT2D eigenvalue weighted by atomic mass is 9.53. The van der Waals surface area contributed by atoms with Gasteiger partial charge in [-0.1, -0.05) is 12.1 Å². The van der Waals surface area contributed by atoms with Crippen LogP contribution in [-0.4, -0.2) is 16.0 Å². The van der Waals surface area contributed by atoms with Crippen molar-refractivity contribution < 1.29 is 4.79 Å². The summed E-state index contributed by atoms with van der Waals surface area (Å²) < 4.78 is 2.08. The quantitative estimate of drug-likeness (QED) is 0.496. The van der Waals surface area contributed by atoms with E-state index in [1.807, 2.05) is 25.3 Å². The summed E-state index contributed by atoms with van der Waals surface area (Å²) in [6.07, 6.45) is 14.1. The van der Waals surface area contributed by atoms with E-state index in [0.29, 0.717) is 16.9 Å². The first-order chi connectivity index (χ1) is 14.5. The Kier molecular flexibility index (Phi) is 4.94. The third-order valence-electron chi connectivity index (χ3n) is 7.43. The molecular weight excluding hydrogens is 372 g/mol. The lowest BCUT2D eigenvalue weighted by Gasteiger charge is -2.57. The fourth-order valence-electron chi connectivity index (χ4n) is 6.48. The summed E-state index contributed by atoms with van der Waals surface area (Å²) in [7, 11) is 2.03. The van der Waals surface area contributed by atoms with E-state index in [2.05, 4.69) is 27.5 Å². The smallest absolute Gasteiger partial charge is 0.248 e. The highest BCUT2D eigenvalue weighted by Crippen LogP contribution is 2.55. The van der Waals surface area contributed by atoms with Gasteiger partial charge in [-0.05, 0) is 86.1 Å². The van der Waals surface area contributed by atoms with Crippen molar-refractivity contribution in [3.63, 3.8) is 0 Å². The predicted octanol–water partition coefficient (Wildman–Crippen LogP) is 4.32. The van der Waals surface area contributed by atoms with Crippen LogP contribution in [0.1, 0.15) is 49.8 Å². The lowest BCUT2D eigenvalue weighted by molar-refractivity contribution is -0.111. The van der Waals surface area contributed by atoms with Gasteiger partial charge in [0.05, 0.1) is 11.4 Å². The maximum Gasteiger partial charge on any atom is 0.248 e. The number of aryl methyl sites for hydroxylation is 1. The molecule has 4 bridgehead atoms. The Morgan fingerprint density at radius 3 is 2.50 bits per heavy atom. The van der Waals surface area contributed by atoms with E-state index in [1.54, 1.807) is 18.2 Å². The van der Waals surface area contributed by atoms with Gasteiger partial charge in [0, 0.05) is 37.1 Å². The van der Waals surface area contributed by atoms with Crippen LogP contribution in [0, 0.1) is 17.8 Å². The van der Waals surface area contributed by atoms with Crippen LogP contribution in [0.3, 0.4) is 0 Å². The SMILES string of the molecule is Cn1cc(CNC23CC4CC(CC(C4)C2)C3)cc1/C=C/C(=O)Nc1ccccc1N. The molecule has 1 aromatic carbocycles. The van der Waals surface area contributed by atoms with E-state index >= 15 is 0 Å². The van der Waals surface area contributed by atoms with Gasteiger partial charge >= 0.3 is 0 Å². The molecule has 30 heavy (non-hydrogen) atoms. The monoisotopic (exact) mass is 404 g/mol. The van der Waals surface area contributed by atoms with E-state index in [4.69, 9.17) is 5.73 Å². The fraction of sp³-hybridized carbons (Fsp3) is 0.480. The number of nitrogens with zero attached hydrogens (tertiary/aromatic N) is 1. The molecule has 1 heterocycles. The second-order valence-electron chi connectivity index (χ2n) is 9.85. The molecule has 0 saturated heterocycles. The Morgan fingerprint density at radius 2 is 1.83 bits per heavy atom. The van der Waals surface area contributed by atoms with E-state index in [9.17, 15) is 4.79 Å². The zero-order chi connectivity index (χ0) is 20.7. The van der Waals surface area contributed by atoms with Crippen molar-refractivity contribution in [3.05, 3.63) is 53.9 Å². The number of aromatic nitrogens is 1. The largest absolute Gasteiger partial charge is 0.397 e. The van der Waals surface area contributed by atoms with Gasteiger partial charge in [0.1, 0.15) is 0 Å². The van der Waals surface area contributed by atoms with Gasteiger partial charge in [-0.25, -0.2) is 0 Å². The number of anilines is 2. The molecule has 0 spiro atoms. The maximum absolute atomic E-state index is 12.3. The molecule has 4 saturated carbocycles. The summed E-state index contributed by atoms with van der Waals surface area (Å²) >= 11 is 0. The first kappa shape index (κ1) is 19.4. The van der Waals surface area contributed by atoms with Crippen molar-refractivity contribution in [1.82, 2.24) is 9.88 Å². The van der Waals surface area contributed by atoms with Crippen LogP contribution in [-0.2, 0) is 18.4 Å². The fourth-order valence-corrected chi connectivity index (χ4v) is 6.48. The van der Waals surface area contributed by atoms with Crippen LogP contribution in [0.4, 0.5) is 11.4 Å². The molecule has 0 atom stereocenters. The van der Waals surface area contributed by atoms with Crippen LogP contribution in [0.2, 0.25) is 0 Å². The summed E-state index contributed by atoms with van der Waals surface area (Å²) in [5, 5.41) is 6.79. The number of amides is 1. The third-order valence-corrected chi connectivity index (χ3v) is 7.43. The van der Waals surface area contributed by atoms with Gasteiger partial charge in [-0.15, -0.1) is 0 Å². The Bertz CT molecular complexity index is 938. The Morgan fingerprint density at radius 1 is 1.17 bits per heavy atom. The summed E-state index contributed by atoms with van der Waals surface area (Å²) in [6.45, 7) is 0.903. The number of nitrogens with two attached hydrogens (primary N) is 1. The molecule has 6 rings (SSSR count). The molecule has 1 amide bonds. The van der Waals surface area contributed by atoms with E-state index in [0.717, 1.165) is 30.0 Å². The Labute approximate surface area is 178 Å². The Balaban J connectivity index is 1.20. The van der Waals surface area contributed by atoms with Crippen LogP contribution in [0.15, 0.2) is 42.6 Å². The van der Waals surface area contributed by atoms with Crippen molar-refractivity contribution in [1.29, 1.82) is 0 Å². The molecular formula is C25H32N4O. The third kappa shape index (κ3) is 3.91. The second kappa shape index (κ2) is 7.62. The first-order valence-corrected chi connectivity index (χ1v) is 11.2. The van der Waals surface area contributed by atoms with Gasteiger partial charge in [-0.2, -0.15) is 0 Å². The molecule has 0 radical (unpaired) electrons. The molecule has 4 aliphatic carbocycles. The van der Waals surface area contributed by atoms with Crippen molar-refractivity contribution >= 4 is 23.4 Å². The minimum Gasteiger partial charge on any atom is -0.397 e. The molecule has 5 heteroatoms. The number of nitrogens with one attached hydrogen (secondary N) is 2. The van der Waals surface area contributed by atoms with Crippen LogP contribution in [0.25, 0.3) is 6.08 Å². The van der Waals surface area contributed by atoms with Gasteiger partial charge in [0.15, 0.2) is 0 Å². The van der Waals surface area contributed by atoms with Crippen LogP contribution >= 0.6 is 0 Å². The number of hydrogen-bond donors (Lipinski definition) is 3. The van der Waals surface area contributed by atoms with Gasteiger partial charge in [0.2, 0.25) is 5.91 Å². The molecule has 0 aliphatic heterocycles. The topological polar surface area (TPSA) is 72.1 Å². The lowest BCUT2D eigenvalue weighted by Crippen LogP contribution is -2.58. The summed E-state index contributed by atoms with van der Waals surface area (Å²) in [6, 6.07) is 9.46. The number of benzene rings is 1. The number of carbonyl (C=O) groups excluding carboxylic acids is 1. The molecule has 4 aliphatic rings. The van der Waals surface area contributed by atoms with Crippen molar-refractivity contribution in [2.45, 2.75) is 50.6 Å². The average Bonchev–Trinajstić information content (AvgIpc) is 3.05. The minimum atomic E-state index is -0.178. The zero-order valence-electron chi connectivity index (χ0n) is 17.7. The molecule has 158 valence electrons. The Hall–Kier alpha value is -2.53. The summed E-state index contributed by atoms with van der Waals surface area (Å²) in [4.78, 5) is 12.3. The molecule has 2 aromatic rings. The van der Waals surface area contributed by atoms with Gasteiger partial charge < -0.3 is 20.9 Å². The van der Waals surface area contributed by atoms with Gasteiger partial charge in [-0.3, -0.25) is 4.79 Å². The summed E-state index contributed by atoms with van der Waals surface area (Å²) in [5.41, 5.74) is 9.77. The zero-order valence-corrected chi connectivity index (χ0v) is 17.7. The van der Waals surface area contributed by atoms with Crippen molar-refractivity contribution in [2.24, 2.45) is 24.8 Å². The normalized spacial score (nSPS) is 29.6. The second-order valence-corrected chi connectivity index (χ2v) is 9.85. The number of carbonyl (C=O) groups is 1. The highest BCUT2D eigenvalue weighted by Gasteiger charge is 2.50. The summed E-state index contributed by atoms with van der Waals surface area (Å²) in [5.74, 6) is 2.68. The minimum absolute atomic E-state index is 0.178. The van der Waals surface area contributed by atoms with Crippen molar-refractivity contribution in [2.75, 3.05) is 11.1 Å². The standard InChI is InChI=1S/C25H32N4O/c1-29-16-20(15-27-25-12-17-8-18(13-25)10-19(9-17)14-25)11-21(29)6-7-24(30)28-23-5-3-2-4-22(23)26/h2-7,11,16-19,27H,8-10,12-15,26H2,1H3,(H,28,30)/b7-6+. The van der Waals surface area contributed by atoms with Gasteiger partial charge in [0.25, 0.3) is 0 Å². The average molecular weight is 405 g/mol. The number of para-hydroxylation sites is 2. The van der Waals surface area contributed by atoms with Crippen LogP contribution < -0.4 is 16.4 Å². The number of rotatable bonds is 6. The molecule has 5 nitrogen and oxygen atoms in total. The molecule has 1 aromatic heterocycles. The predicted molar refractivity (Wildman–Crippen MR) is 122 cm³/mol. The van der Waals surface area contributed by atoms with Crippen molar-refractivity contribution in [3.8, 4) is 0 Å². The molecule has 0 unspecified atom stereocenters. The van der Waals surface area contributed by atoms with E-state index in [1.165, 1.54) is 44.1 Å². The maximum atomic E-state index is 12.3. The highest BCUT2D eigenvalue weighted by atomic mass is 16.1. The number of hydrogen-bond acceptors (Lipinski definition) is 3.